The molecule has 12 nitrogen and oxygen atoms in total. The number of primary amides is 1. The highest BCUT2D eigenvalue weighted by atomic mass is 16.5. The lowest BCUT2D eigenvalue weighted by molar-refractivity contribution is -0.139. The monoisotopic (exact) mass is 597 g/mol. The van der Waals surface area contributed by atoms with Gasteiger partial charge < -0.3 is 36.4 Å². The lowest BCUT2D eigenvalue weighted by Gasteiger charge is -2.37. The van der Waals surface area contributed by atoms with Crippen molar-refractivity contribution in [2.45, 2.75) is 69.9 Å². The maximum absolute atomic E-state index is 13.7. The molecule has 1 saturated heterocycles. The Morgan fingerprint density at radius 3 is 2.42 bits per heavy atom. The van der Waals surface area contributed by atoms with E-state index in [1.807, 2.05) is 24.3 Å². The zero-order valence-corrected chi connectivity index (χ0v) is 24.9. The van der Waals surface area contributed by atoms with E-state index >= 15 is 0 Å². The van der Waals surface area contributed by atoms with E-state index in [-0.39, 0.29) is 63.0 Å². The second kappa shape index (κ2) is 15.9. The molecule has 2 aromatic carbocycles. The first-order chi connectivity index (χ1) is 20.5. The summed E-state index contributed by atoms with van der Waals surface area (Å²) in [6, 6.07) is 9.96. The van der Waals surface area contributed by atoms with Crippen molar-refractivity contribution in [3.05, 3.63) is 42.0 Å². The molecular formula is C31H43N5O7. The molecule has 0 unspecified atom stereocenters. The normalized spacial score (nSPS) is 14.8. The van der Waals surface area contributed by atoms with Crippen LogP contribution in [0, 0.1) is 0 Å². The predicted molar refractivity (Wildman–Crippen MR) is 161 cm³/mol. The third-order valence-corrected chi connectivity index (χ3v) is 7.75. The molecule has 2 aromatic rings. The number of hydrogen-bond acceptors (Lipinski definition) is 7. The van der Waals surface area contributed by atoms with Crippen LogP contribution in [-0.4, -0.2) is 84.5 Å². The first-order valence-electron chi connectivity index (χ1n) is 14.7. The van der Waals surface area contributed by atoms with Crippen LogP contribution in [0.25, 0.3) is 10.8 Å². The average molecular weight is 598 g/mol. The van der Waals surface area contributed by atoms with Crippen LogP contribution in [0.3, 0.4) is 0 Å². The maximum Gasteiger partial charge on any atom is 0.246 e. The zero-order chi connectivity index (χ0) is 31.4. The minimum Gasteiger partial charge on any atom is -0.508 e. The van der Waals surface area contributed by atoms with Crippen molar-refractivity contribution in [1.82, 2.24) is 20.9 Å². The fourth-order valence-electron chi connectivity index (χ4n) is 5.01. The summed E-state index contributed by atoms with van der Waals surface area (Å²) in [7, 11) is 1.70. The molecule has 0 saturated carbocycles. The Hall–Kier alpha value is -4.19. The standard InChI is InChI=1S/C31H43N5O7/c1-21(37)36(2)16-4-3-5-26(29(41)33-15-12-27(32)39)34-30(42)31(13-17-43-18-14-31)35-28(40)11-7-22-6-8-24-20-25(38)10-9-23(24)19-22/h6,8-10,19-20,26,38H,3-5,7,11-18H2,1-2H3,(H2,32,39)(H,33,41)(H,34,42)(H,35,40)/t26-/m0/s1. The molecule has 1 heterocycles. The molecule has 0 aromatic heterocycles. The van der Waals surface area contributed by atoms with Crippen molar-refractivity contribution in [3.63, 3.8) is 0 Å². The lowest BCUT2D eigenvalue weighted by atomic mass is 9.88. The highest BCUT2D eigenvalue weighted by Gasteiger charge is 2.42. The molecule has 5 amide bonds. The fourth-order valence-corrected chi connectivity index (χ4v) is 5.01. The predicted octanol–water partition coefficient (Wildman–Crippen LogP) is 1.27. The molecule has 1 fully saturated rings. The van der Waals surface area contributed by atoms with Gasteiger partial charge >= 0.3 is 0 Å². The molecule has 1 aliphatic heterocycles. The summed E-state index contributed by atoms with van der Waals surface area (Å²) in [5, 5.41) is 20.0. The minimum atomic E-state index is -1.24. The van der Waals surface area contributed by atoms with E-state index in [9.17, 15) is 29.1 Å². The van der Waals surface area contributed by atoms with Gasteiger partial charge in [-0.2, -0.15) is 0 Å². The molecule has 0 spiro atoms. The number of benzene rings is 2. The van der Waals surface area contributed by atoms with Crippen molar-refractivity contribution in [1.29, 1.82) is 0 Å². The van der Waals surface area contributed by atoms with Crippen LogP contribution in [0.5, 0.6) is 5.75 Å². The van der Waals surface area contributed by atoms with E-state index in [4.69, 9.17) is 10.5 Å². The summed E-state index contributed by atoms with van der Waals surface area (Å²) in [5.41, 5.74) is 4.89. The van der Waals surface area contributed by atoms with E-state index in [0.717, 1.165) is 16.3 Å². The van der Waals surface area contributed by atoms with Gasteiger partial charge in [0, 0.05) is 66.0 Å². The molecule has 0 radical (unpaired) electrons. The second-order valence-electron chi connectivity index (χ2n) is 11.1. The smallest absolute Gasteiger partial charge is 0.246 e. The van der Waals surface area contributed by atoms with Gasteiger partial charge in [0.25, 0.3) is 0 Å². The zero-order valence-electron chi connectivity index (χ0n) is 24.9. The van der Waals surface area contributed by atoms with Crippen molar-refractivity contribution < 1.29 is 33.8 Å². The van der Waals surface area contributed by atoms with Gasteiger partial charge in [-0.15, -0.1) is 0 Å². The number of carbonyl (C=O) groups is 5. The van der Waals surface area contributed by atoms with E-state index in [0.29, 0.717) is 32.2 Å². The van der Waals surface area contributed by atoms with Crippen molar-refractivity contribution in [3.8, 4) is 5.75 Å². The van der Waals surface area contributed by atoms with Crippen LogP contribution in [0.2, 0.25) is 0 Å². The summed E-state index contributed by atoms with van der Waals surface area (Å²) >= 11 is 0. The van der Waals surface area contributed by atoms with Gasteiger partial charge in [0.2, 0.25) is 29.5 Å². The Morgan fingerprint density at radius 1 is 1.02 bits per heavy atom. The van der Waals surface area contributed by atoms with E-state index in [1.54, 1.807) is 24.1 Å². The summed E-state index contributed by atoms with van der Waals surface area (Å²) in [6.07, 6.45) is 2.57. The molecule has 6 N–H and O–H groups in total. The molecule has 1 atom stereocenters. The van der Waals surface area contributed by atoms with Gasteiger partial charge in [-0.05, 0) is 54.2 Å². The number of nitrogens with one attached hydrogen (secondary N) is 3. The number of amides is 5. The third kappa shape index (κ3) is 10.2. The molecule has 43 heavy (non-hydrogen) atoms. The molecule has 1 aliphatic rings. The summed E-state index contributed by atoms with van der Waals surface area (Å²) < 4.78 is 5.48. The second-order valence-corrected chi connectivity index (χ2v) is 11.1. The number of phenols is 1. The van der Waals surface area contributed by atoms with E-state index < -0.39 is 29.3 Å². The highest BCUT2D eigenvalue weighted by Crippen LogP contribution is 2.24. The van der Waals surface area contributed by atoms with Gasteiger partial charge in [-0.1, -0.05) is 24.3 Å². The number of ether oxygens (including phenoxy) is 1. The number of aromatic hydroxyl groups is 1. The summed E-state index contributed by atoms with van der Waals surface area (Å²) in [6.45, 7) is 2.58. The Kier molecular flexibility index (Phi) is 12.3. The first kappa shape index (κ1) is 33.3. The number of fused-ring (bicyclic) bond motifs is 1. The molecular weight excluding hydrogens is 554 g/mol. The minimum absolute atomic E-state index is 0.0349. The van der Waals surface area contributed by atoms with Gasteiger partial charge in [-0.3, -0.25) is 24.0 Å². The quantitative estimate of drug-likeness (QED) is 0.192. The first-order valence-corrected chi connectivity index (χ1v) is 14.7. The third-order valence-electron chi connectivity index (χ3n) is 7.75. The van der Waals surface area contributed by atoms with Crippen LogP contribution >= 0.6 is 0 Å². The maximum atomic E-state index is 13.7. The highest BCUT2D eigenvalue weighted by molar-refractivity contribution is 5.95. The Morgan fingerprint density at radius 2 is 1.72 bits per heavy atom. The Balaban J connectivity index is 1.65. The SMILES string of the molecule is CC(=O)N(C)CCCC[C@H](NC(=O)C1(NC(=O)CCc2ccc3cc(O)ccc3c2)CCOCC1)C(=O)NCCC(N)=O. The fraction of sp³-hybridized carbons (Fsp3) is 0.516. The van der Waals surface area contributed by atoms with Crippen molar-refractivity contribution >= 4 is 40.3 Å². The molecule has 234 valence electrons. The number of phenolic OH excluding ortho intramolecular Hbond substituents is 1. The van der Waals surface area contributed by atoms with E-state index in [1.165, 1.54) is 6.92 Å². The lowest BCUT2D eigenvalue weighted by Crippen LogP contribution is -2.63. The van der Waals surface area contributed by atoms with Gasteiger partial charge in [0.05, 0.1) is 0 Å². The molecule has 0 aliphatic carbocycles. The van der Waals surface area contributed by atoms with Crippen molar-refractivity contribution in [2.24, 2.45) is 5.73 Å². The van der Waals surface area contributed by atoms with Crippen LogP contribution in [0.4, 0.5) is 0 Å². The van der Waals surface area contributed by atoms with Crippen LogP contribution in [0.15, 0.2) is 36.4 Å². The van der Waals surface area contributed by atoms with Crippen LogP contribution in [-0.2, 0) is 35.1 Å². The van der Waals surface area contributed by atoms with Crippen LogP contribution in [0.1, 0.15) is 57.4 Å². The largest absolute Gasteiger partial charge is 0.508 e. The number of unbranched alkanes of at least 4 members (excludes halogenated alkanes) is 1. The topological polar surface area (TPSA) is 180 Å². The van der Waals surface area contributed by atoms with E-state index in [2.05, 4.69) is 16.0 Å². The summed E-state index contributed by atoms with van der Waals surface area (Å²) in [5.74, 6) is -1.64. The number of carbonyl (C=O) groups excluding carboxylic acids is 5. The number of rotatable bonds is 15. The van der Waals surface area contributed by atoms with Gasteiger partial charge in [-0.25, -0.2) is 0 Å². The van der Waals surface area contributed by atoms with Crippen LogP contribution < -0.4 is 21.7 Å². The van der Waals surface area contributed by atoms with Gasteiger partial charge in [0.15, 0.2) is 0 Å². The molecule has 0 bridgehead atoms. The number of aryl methyl sites for hydroxylation is 1. The Labute approximate surface area is 251 Å². The number of nitrogens with two attached hydrogens (primary N) is 1. The van der Waals surface area contributed by atoms with Crippen molar-refractivity contribution in [2.75, 3.05) is 33.4 Å². The number of hydrogen-bond donors (Lipinski definition) is 5. The Bertz CT molecular complexity index is 1310. The number of nitrogens with zero attached hydrogens (tertiary/aromatic N) is 1. The average Bonchev–Trinajstić information content (AvgIpc) is 2.97. The molecule has 3 rings (SSSR count). The van der Waals surface area contributed by atoms with Gasteiger partial charge in [0.1, 0.15) is 17.3 Å². The summed E-state index contributed by atoms with van der Waals surface area (Å²) in [4.78, 5) is 64.1. The molecule has 12 heteroatoms.